The van der Waals surface area contributed by atoms with Crippen molar-refractivity contribution in [1.29, 1.82) is 0 Å². The van der Waals surface area contributed by atoms with Crippen LogP contribution in [0.1, 0.15) is 31.1 Å². The van der Waals surface area contributed by atoms with Crippen LogP contribution in [0.5, 0.6) is 0 Å². The predicted octanol–water partition coefficient (Wildman–Crippen LogP) is 3.88. The molecule has 1 nitrogen and oxygen atoms in total. The van der Waals surface area contributed by atoms with Crippen LogP contribution in [-0.2, 0) is 6.18 Å². The van der Waals surface area contributed by atoms with Gasteiger partial charge in [0.25, 0.3) is 0 Å². The van der Waals surface area contributed by atoms with Crippen LogP contribution in [0.25, 0.3) is 0 Å². The third kappa shape index (κ3) is 4.60. The van der Waals surface area contributed by atoms with Gasteiger partial charge in [-0.3, -0.25) is 0 Å². The number of benzene rings is 1. The molecule has 5 heteroatoms. The quantitative estimate of drug-likeness (QED) is 0.890. The second-order valence-electron chi connectivity index (χ2n) is 4.02. The Kier molecular flexibility index (Phi) is 4.89. The second-order valence-corrected chi connectivity index (χ2v) is 5.63. The number of hydrogen-bond donors (Lipinski definition) is 1. The largest absolute Gasteiger partial charge is 0.416 e. The van der Waals surface area contributed by atoms with Crippen LogP contribution in [0.15, 0.2) is 24.3 Å². The lowest BCUT2D eigenvalue weighted by Crippen LogP contribution is -2.08. The molecule has 1 atom stereocenters. The van der Waals surface area contributed by atoms with Gasteiger partial charge in [-0.2, -0.15) is 24.9 Å². The summed E-state index contributed by atoms with van der Waals surface area (Å²) in [4.78, 5) is 0. The lowest BCUT2D eigenvalue weighted by molar-refractivity contribution is -0.137. The SMILES string of the molecule is CC(C)SCC(O)c1cccc(C(F)(F)F)c1. The van der Waals surface area contributed by atoms with Crippen molar-refractivity contribution in [3.05, 3.63) is 35.4 Å². The summed E-state index contributed by atoms with van der Waals surface area (Å²) < 4.78 is 37.4. The van der Waals surface area contributed by atoms with Crippen molar-refractivity contribution >= 4 is 11.8 Å². The Bertz CT molecular complexity index is 363. The molecule has 0 amide bonds. The van der Waals surface area contributed by atoms with Gasteiger partial charge < -0.3 is 5.11 Å². The van der Waals surface area contributed by atoms with Crippen molar-refractivity contribution in [3.8, 4) is 0 Å². The number of aliphatic hydroxyl groups excluding tert-OH is 1. The highest BCUT2D eigenvalue weighted by Gasteiger charge is 2.30. The average Bonchev–Trinajstić information content (AvgIpc) is 2.25. The van der Waals surface area contributed by atoms with Crippen LogP contribution >= 0.6 is 11.8 Å². The van der Waals surface area contributed by atoms with Crippen molar-refractivity contribution in [1.82, 2.24) is 0 Å². The van der Waals surface area contributed by atoms with E-state index in [9.17, 15) is 18.3 Å². The zero-order valence-corrected chi connectivity index (χ0v) is 10.5. The topological polar surface area (TPSA) is 20.2 Å². The van der Waals surface area contributed by atoms with Gasteiger partial charge in [0.15, 0.2) is 0 Å². The molecule has 0 bridgehead atoms. The third-order valence-corrected chi connectivity index (χ3v) is 3.36. The summed E-state index contributed by atoms with van der Waals surface area (Å²) in [5.41, 5.74) is -0.406. The summed E-state index contributed by atoms with van der Waals surface area (Å²) in [6.45, 7) is 3.95. The molecular weight excluding hydrogens is 249 g/mol. The fourth-order valence-corrected chi connectivity index (χ4v) is 2.06. The van der Waals surface area contributed by atoms with E-state index in [-0.39, 0.29) is 0 Å². The summed E-state index contributed by atoms with van der Waals surface area (Å²) >= 11 is 1.52. The molecular formula is C12H15F3OS. The van der Waals surface area contributed by atoms with Gasteiger partial charge in [-0.25, -0.2) is 0 Å². The molecule has 1 N–H and O–H groups in total. The van der Waals surface area contributed by atoms with Gasteiger partial charge in [-0.15, -0.1) is 0 Å². The number of aliphatic hydroxyl groups is 1. The van der Waals surface area contributed by atoms with Gasteiger partial charge in [0.2, 0.25) is 0 Å². The Labute approximate surface area is 103 Å². The Morgan fingerprint density at radius 3 is 2.47 bits per heavy atom. The molecule has 0 aliphatic carbocycles. The van der Waals surface area contributed by atoms with E-state index in [1.165, 1.54) is 23.9 Å². The number of rotatable bonds is 4. The van der Waals surface area contributed by atoms with Crippen LogP contribution in [-0.4, -0.2) is 16.1 Å². The number of halogens is 3. The molecule has 0 aliphatic rings. The Morgan fingerprint density at radius 2 is 1.94 bits per heavy atom. The van der Waals surface area contributed by atoms with Crippen LogP contribution in [0, 0.1) is 0 Å². The summed E-state index contributed by atoms with van der Waals surface area (Å²) in [5, 5.41) is 10.1. The van der Waals surface area contributed by atoms with Crippen molar-refractivity contribution in [3.63, 3.8) is 0 Å². The molecule has 0 fully saturated rings. The van der Waals surface area contributed by atoms with E-state index in [0.29, 0.717) is 16.6 Å². The van der Waals surface area contributed by atoms with E-state index < -0.39 is 17.8 Å². The van der Waals surface area contributed by atoms with E-state index in [1.54, 1.807) is 0 Å². The predicted molar refractivity (Wildman–Crippen MR) is 64.0 cm³/mol. The first-order valence-electron chi connectivity index (χ1n) is 5.27. The Morgan fingerprint density at radius 1 is 1.29 bits per heavy atom. The van der Waals surface area contributed by atoms with Crippen LogP contribution in [0.2, 0.25) is 0 Å². The fourth-order valence-electron chi connectivity index (χ4n) is 1.30. The van der Waals surface area contributed by atoms with Crippen molar-refractivity contribution in [2.45, 2.75) is 31.4 Å². The van der Waals surface area contributed by atoms with Gasteiger partial charge in [-0.1, -0.05) is 26.0 Å². The van der Waals surface area contributed by atoms with Gasteiger partial charge in [-0.05, 0) is 22.9 Å². The van der Waals surface area contributed by atoms with E-state index in [2.05, 4.69) is 0 Å². The number of alkyl halides is 3. The normalized spacial score (nSPS) is 14.1. The van der Waals surface area contributed by atoms with Crippen LogP contribution < -0.4 is 0 Å². The van der Waals surface area contributed by atoms with E-state index in [0.717, 1.165) is 12.1 Å². The molecule has 0 heterocycles. The lowest BCUT2D eigenvalue weighted by atomic mass is 10.1. The van der Waals surface area contributed by atoms with Gasteiger partial charge in [0, 0.05) is 5.75 Å². The standard InChI is InChI=1S/C12H15F3OS/c1-8(2)17-7-11(16)9-4-3-5-10(6-9)12(13,14)15/h3-6,8,11,16H,7H2,1-2H3. The zero-order chi connectivity index (χ0) is 13.1. The van der Waals surface area contributed by atoms with Crippen LogP contribution in [0.3, 0.4) is 0 Å². The first-order chi connectivity index (χ1) is 7.80. The maximum Gasteiger partial charge on any atom is 0.416 e. The van der Waals surface area contributed by atoms with Crippen molar-refractivity contribution in [2.75, 3.05) is 5.75 Å². The second kappa shape index (κ2) is 5.78. The maximum atomic E-state index is 12.5. The van der Waals surface area contributed by atoms with Gasteiger partial charge >= 0.3 is 6.18 Å². The summed E-state index contributed by atoms with van der Waals surface area (Å²) in [7, 11) is 0. The van der Waals surface area contributed by atoms with Crippen molar-refractivity contribution < 1.29 is 18.3 Å². The Balaban J connectivity index is 2.77. The molecule has 0 radical (unpaired) electrons. The first kappa shape index (κ1) is 14.4. The molecule has 1 rings (SSSR count). The van der Waals surface area contributed by atoms with Gasteiger partial charge in [0.05, 0.1) is 11.7 Å². The molecule has 0 aromatic heterocycles. The molecule has 1 aromatic rings. The highest BCUT2D eigenvalue weighted by atomic mass is 32.2. The van der Waals surface area contributed by atoms with Crippen molar-refractivity contribution in [2.24, 2.45) is 0 Å². The zero-order valence-electron chi connectivity index (χ0n) is 9.66. The molecule has 1 unspecified atom stereocenters. The molecule has 17 heavy (non-hydrogen) atoms. The van der Waals surface area contributed by atoms with E-state index in [4.69, 9.17) is 0 Å². The first-order valence-corrected chi connectivity index (χ1v) is 6.32. The molecule has 1 aromatic carbocycles. The minimum absolute atomic E-state index is 0.313. The molecule has 0 saturated heterocycles. The Hall–Kier alpha value is -0.680. The highest BCUT2D eigenvalue weighted by molar-refractivity contribution is 7.99. The van der Waals surface area contributed by atoms with Crippen LogP contribution in [0.4, 0.5) is 13.2 Å². The third-order valence-electron chi connectivity index (χ3n) is 2.19. The highest BCUT2D eigenvalue weighted by Crippen LogP contribution is 2.31. The van der Waals surface area contributed by atoms with Gasteiger partial charge in [0.1, 0.15) is 0 Å². The monoisotopic (exact) mass is 264 g/mol. The minimum atomic E-state index is -4.36. The smallest absolute Gasteiger partial charge is 0.388 e. The van der Waals surface area contributed by atoms with E-state index >= 15 is 0 Å². The molecule has 96 valence electrons. The summed E-state index contributed by atoms with van der Waals surface area (Å²) in [6, 6.07) is 4.85. The fraction of sp³-hybridized carbons (Fsp3) is 0.500. The molecule has 0 spiro atoms. The minimum Gasteiger partial charge on any atom is -0.388 e. The maximum absolute atomic E-state index is 12.5. The van der Waals surface area contributed by atoms with E-state index in [1.807, 2.05) is 13.8 Å². The summed E-state index contributed by atoms with van der Waals surface area (Å²) in [5.74, 6) is 0.402. The lowest BCUT2D eigenvalue weighted by Gasteiger charge is -2.14. The summed E-state index contributed by atoms with van der Waals surface area (Å²) in [6.07, 6.45) is -5.22. The number of thioether (sulfide) groups is 1. The molecule has 0 saturated carbocycles. The average molecular weight is 264 g/mol. The molecule has 0 aliphatic heterocycles. The number of hydrogen-bond acceptors (Lipinski definition) is 2.